The normalized spacial score (nSPS) is 10.4. The van der Waals surface area contributed by atoms with Gasteiger partial charge in [0.1, 0.15) is 5.76 Å². The third-order valence-electron chi connectivity index (χ3n) is 2.66. The first-order valence-corrected chi connectivity index (χ1v) is 6.01. The molecule has 0 saturated carbocycles. The molecule has 1 aromatic heterocycles. The second kappa shape index (κ2) is 5.23. The van der Waals surface area contributed by atoms with Gasteiger partial charge in [-0.15, -0.1) is 0 Å². The Balaban J connectivity index is 2.18. The maximum Gasteiger partial charge on any atom is 0.277 e. The minimum absolute atomic E-state index is 0.270. The van der Waals surface area contributed by atoms with Crippen LogP contribution in [0.25, 0.3) is 0 Å². The van der Waals surface area contributed by atoms with Crippen molar-refractivity contribution in [2.75, 3.05) is 5.32 Å². The molecule has 0 radical (unpaired) electrons. The molecular formula is C13H13ClN2O2. The summed E-state index contributed by atoms with van der Waals surface area (Å²) in [6.45, 7) is 3.78. The fourth-order valence-corrected chi connectivity index (χ4v) is 1.69. The van der Waals surface area contributed by atoms with E-state index in [1.807, 2.05) is 13.8 Å². The van der Waals surface area contributed by atoms with Crippen LogP contribution in [0.2, 0.25) is 5.02 Å². The molecule has 0 spiro atoms. The van der Waals surface area contributed by atoms with Crippen LogP contribution in [-0.2, 0) is 6.42 Å². The highest BCUT2D eigenvalue weighted by Crippen LogP contribution is 2.23. The Morgan fingerprint density at radius 3 is 2.94 bits per heavy atom. The summed E-state index contributed by atoms with van der Waals surface area (Å²) in [6.07, 6.45) is 0.705. The smallest absolute Gasteiger partial charge is 0.277 e. The molecule has 1 N–H and O–H groups in total. The summed E-state index contributed by atoms with van der Waals surface area (Å²) in [7, 11) is 0. The first kappa shape index (κ1) is 12.6. The summed E-state index contributed by atoms with van der Waals surface area (Å²) in [4.78, 5) is 11.9. The van der Waals surface area contributed by atoms with Gasteiger partial charge in [0, 0.05) is 23.2 Å². The summed E-state index contributed by atoms with van der Waals surface area (Å²) in [5.74, 6) is 0.381. The Bertz CT molecular complexity index is 578. The molecule has 18 heavy (non-hydrogen) atoms. The first-order valence-electron chi connectivity index (χ1n) is 5.64. The number of rotatable bonds is 3. The van der Waals surface area contributed by atoms with Crippen LogP contribution in [0.5, 0.6) is 0 Å². The lowest BCUT2D eigenvalue weighted by Gasteiger charge is -2.07. The Kier molecular flexibility index (Phi) is 3.67. The van der Waals surface area contributed by atoms with Crippen molar-refractivity contribution in [1.29, 1.82) is 0 Å². The van der Waals surface area contributed by atoms with Crippen LogP contribution in [0, 0.1) is 6.92 Å². The lowest BCUT2D eigenvalue weighted by Crippen LogP contribution is -2.13. The highest BCUT2D eigenvalue weighted by molar-refractivity contribution is 6.31. The molecule has 2 rings (SSSR count). The second-order valence-corrected chi connectivity index (χ2v) is 4.31. The Morgan fingerprint density at radius 1 is 1.50 bits per heavy atom. The quantitative estimate of drug-likeness (QED) is 0.924. The molecule has 1 amide bonds. The van der Waals surface area contributed by atoms with Gasteiger partial charge in [0.05, 0.1) is 0 Å². The molecule has 5 heteroatoms. The average Bonchev–Trinajstić information content (AvgIpc) is 2.83. The van der Waals surface area contributed by atoms with Crippen molar-refractivity contribution >= 4 is 23.2 Å². The van der Waals surface area contributed by atoms with E-state index in [2.05, 4.69) is 10.5 Å². The van der Waals surface area contributed by atoms with E-state index < -0.39 is 0 Å². The molecule has 94 valence electrons. The number of halogens is 1. The molecule has 0 aliphatic rings. The molecule has 4 nitrogen and oxygen atoms in total. The number of hydrogen-bond donors (Lipinski definition) is 1. The van der Waals surface area contributed by atoms with Gasteiger partial charge in [0.15, 0.2) is 5.69 Å². The van der Waals surface area contributed by atoms with E-state index in [0.29, 0.717) is 22.9 Å². The highest BCUT2D eigenvalue weighted by Gasteiger charge is 2.13. The number of hydrogen-bond acceptors (Lipinski definition) is 3. The largest absolute Gasteiger partial charge is 0.361 e. The number of nitrogens with zero attached hydrogens (tertiary/aromatic N) is 1. The van der Waals surface area contributed by atoms with E-state index >= 15 is 0 Å². The van der Waals surface area contributed by atoms with Crippen molar-refractivity contribution in [3.05, 3.63) is 46.3 Å². The molecule has 0 aliphatic carbocycles. The monoisotopic (exact) mass is 264 g/mol. The van der Waals surface area contributed by atoms with Crippen molar-refractivity contribution in [3.8, 4) is 0 Å². The highest BCUT2D eigenvalue weighted by atomic mass is 35.5. The number of nitrogens with one attached hydrogen (secondary N) is 1. The Hall–Kier alpha value is -1.81. The minimum Gasteiger partial charge on any atom is -0.361 e. The molecular weight excluding hydrogens is 252 g/mol. The van der Waals surface area contributed by atoms with Crippen LogP contribution in [0.3, 0.4) is 0 Å². The van der Waals surface area contributed by atoms with E-state index in [9.17, 15) is 4.79 Å². The lowest BCUT2D eigenvalue weighted by atomic mass is 10.2. The topological polar surface area (TPSA) is 55.1 Å². The molecule has 0 bridgehead atoms. The van der Waals surface area contributed by atoms with Crippen molar-refractivity contribution < 1.29 is 9.32 Å². The van der Waals surface area contributed by atoms with Crippen molar-refractivity contribution in [2.45, 2.75) is 20.3 Å². The number of aromatic nitrogens is 1. The number of aryl methyl sites for hydroxylation is 1. The Morgan fingerprint density at radius 2 is 2.28 bits per heavy atom. The molecule has 2 aromatic rings. The summed E-state index contributed by atoms with van der Waals surface area (Å²) >= 11 is 5.98. The first-order chi connectivity index (χ1) is 8.61. The lowest BCUT2D eigenvalue weighted by molar-refractivity contribution is 0.101. The van der Waals surface area contributed by atoms with Gasteiger partial charge < -0.3 is 9.84 Å². The zero-order valence-corrected chi connectivity index (χ0v) is 10.9. The fraction of sp³-hybridized carbons (Fsp3) is 0.231. The minimum atomic E-state index is -0.302. The third kappa shape index (κ3) is 2.54. The van der Waals surface area contributed by atoms with Crippen LogP contribution in [0.1, 0.15) is 28.7 Å². The van der Waals surface area contributed by atoms with Gasteiger partial charge in [-0.25, -0.2) is 0 Å². The number of benzene rings is 1. The molecule has 0 aliphatic heterocycles. The maximum absolute atomic E-state index is 11.9. The van der Waals surface area contributed by atoms with Gasteiger partial charge in [0.25, 0.3) is 5.91 Å². The molecule has 1 aromatic carbocycles. The summed E-state index contributed by atoms with van der Waals surface area (Å²) in [5, 5.41) is 7.09. The van der Waals surface area contributed by atoms with Crippen LogP contribution < -0.4 is 5.32 Å². The third-order valence-corrected chi connectivity index (χ3v) is 3.07. The molecule has 0 saturated heterocycles. The van der Waals surface area contributed by atoms with E-state index in [0.717, 1.165) is 5.56 Å². The van der Waals surface area contributed by atoms with E-state index in [1.54, 1.807) is 24.3 Å². The van der Waals surface area contributed by atoms with Crippen molar-refractivity contribution in [2.24, 2.45) is 0 Å². The molecule has 1 heterocycles. The number of amides is 1. The SMILES string of the molecule is CCc1cc(C(=O)Nc2cccc(Cl)c2C)no1. The Labute approximate surface area is 110 Å². The van der Waals surface area contributed by atoms with E-state index in [-0.39, 0.29) is 11.6 Å². The van der Waals surface area contributed by atoms with Crippen molar-refractivity contribution in [1.82, 2.24) is 5.16 Å². The van der Waals surface area contributed by atoms with Crippen LogP contribution in [-0.4, -0.2) is 11.1 Å². The predicted molar refractivity (Wildman–Crippen MR) is 70.0 cm³/mol. The summed E-state index contributed by atoms with van der Waals surface area (Å²) in [6, 6.07) is 6.98. The van der Waals surface area contributed by atoms with Gasteiger partial charge in [-0.05, 0) is 24.6 Å². The molecule has 0 fully saturated rings. The standard InChI is InChI=1S/C13H13ClN2O2/c1-3-9-7-12(16-18-9)13(17)15-11-6-4-5-10(14)8(11)2/h4-7H,3H2,1-2H3,(H,15,17). The maximum atomic E-state index is 11.9. The molecule has 0 atom stereocenters. The van der Waals surface area contributed by atoms with Gasteiger partial charge >= 0.3 is 0 Å². The average molecular weight is 265 g/mol. The number of carbonyl (C=O) groups is 1. The van der Waals surface area contributed by atoms with Crippen LogP contribution in [0.15, 0.2) is 28.8 Å². The molecule has 0 unspecified atom stereocenters. The van der Waals surface area contributed by atoms with Gasteiger partial charge in [-0.3, -0.25) is 4.79 Å². The second-order valence-electron chi connectivity index (χ2n) is 3.90. The zero-order chi connectivity index (χ0) is 13.1. The van der Waals surface area contributed by atoms with Gasteiger partial charge in [-0.2, -0.15) is 0 Å². The summed E-state index contributed by atoms with van der Waals surface area (Å²) < 4.78 is 4.99. The van der Waals surface area contributed by atoms with E-state index in [4.69, 9.17) is 16.1 Å². The fourth-order valence-electron chi connectivity index (χ4n) is 1.52. The predicted octanol–water partition coefficient (Wildman–Crippen LogP) is 3.45. The van der Waals surface area contributed by atoms with Crippen LogP contribution >= 0.6 is 11.6 Å². The van der Waals surface area contributed by atoms with Crippen molar-refractivity contribution in [3.63, 3.8) is 0 Å². The van der Waals surface area contributed by atoms with Gasteiger partial charge in [0.2, 0.25) is 0 Å². The van der Waals surface area contributed by atoms with E-state index in [1.165, 1.54) is 0 Å². The number of anilines is 1. The van der Waals surface area contributed by atoms with Gasteiger partial charge in [-0.1, -0.05) is 29.7 Å². The number of carbonyl (C=O) groups excluding carboxylic acids is 1. The zero-order valence-electron chi connectivity index (χ0n) is 10.2. The summed E-state index contributed by atoms with van der Waals surface area (Å²) in [5.41, 5.74) is 1.77. The van der Waals surface area contributed by atoms with Crippen LogP contribution in [0.4, 0.5) is 5.69 Å².